The van der Waals surface area contributed by atoms with Crippen LogP contribution >= 0.6 is 0 Å². The Balaban J connectivity index is 2.07. The highest BCUT2D eigenvalue weighted by molar-refractivity contribution is 6.03. The molecule has 0 spiro atoms. The molecule has 0 saturated heterocycles. The van der Waals surface area contributed by atoms with Crippen molar-refractivity contribution in [1.29, 1.82) is 0 Å². The number of aliphatic hydroxyl groups excluding tert-OH is 1. The average molecular weight is 249 g/mol. The van der Waals surface area contributed by atoms with Crippen LogP contribution in [0.3, 0.4) is 0 Å². The minimum Gasteiger partial charge on any atom is -0.389 e. The van der Waals surface area contributed by atoms with Gasteiger partial charge in [0.25, 0.3) is 0 Å². The van der Waals surface area contributed by atoms with Crippen LogP contribution in [0.4, 0.5) is 5.69 Å². The number of β-amino-alcohol motifs (C(OH)–C–C–N with tert-alkyl or cyclic N) is 1. The predicted molar refractivity (Wildman–Crippen MR) is 70.1 cm³/mol. The van der Waals surface area contributed by atoms with Crippen molar-refractivity contribution in [3.63, 3.8) is 0 Å². The van der Waals surface area contributed by atoms with E-state index in [0.717, 1.165) is 11.3 Å². The monoisotopic (exact) mass is 249 g/mol. The molecule has 0 fully saturated rings. The number of fused-ring (bicyclic) bond motifs is 1. The average Bonchev–Trinajstić information content (AvgIpc) is 2.40. The van der Waals surface area contributed by atoms with E-state index in [1.807, 2.05) is 31.2 Å². The predicted octanol–water partition coefficient (Wildman–Crippen LogP) is 1.48. The molecule has 1 aromatic carbocycles. The van der Waals surface area contributed by atoms with Gasteiger partial charge in [0.1, 0.15) is 0 Å². The first-order chi connectivity index (χ1) is 8.72. The summed E-state index contributed by atoms with van der Waals surface area (Å²) >= 11 is 0. The number of hydrogen-bond acceptors (Lipinski definition) is 4. The first-order valence-electron chi connectivity index (χ1n) is 6.35. The molecule has 1 aliphatic heterocycles. The standard InChI is InChI=1S/C14H19NO3/c1-2-18-10-11(16)9-15-8-7-14(17)12-5-3-4-6-13(12)15/h3-6,11,16H,2,7-10H2,1H3. The topological polar surface area (TPSA) is 49.8 Å². The smallest absolute Gasteiger partial charge is 0.166 e. The third kappa shape index (κ3) is 2.89. The van der Waals surface area contributed by atoms with Crippen LogP contribution in [0.25, 0.3) is 0 Å². The number of rotatable bonds is 5. The molecule has 0 radical (unpaired) electrons. The summed E-state index contributed by atoms with van der Waals surface area (Å²) in [6.07, 6.45) is -0.00976. The summed E-state index contributed by atoms with van der Waals surface area (Å²) in [5, 5.41) is 9.87. The number of ether oxygens (including phenoxy) is 1. The van der Waals surface area contributed by atoms with Crippen LogP contribution in [-0.2, 0) is 4.74 Å². The zero-order chi connectivity index (χ0) is 13.0. The fourth-order valence-electron chi connectivity index (χ4n) is 2.23. The number of carbonyl (C=O) groups is 1. The Morgan fingerprint density at radius 1 is 1.44 bits per heavy atom. The van der Waals surface area contributed by atoms with Gasteiger partial charge in [-0.1, -0.05) is 12.1 Å². The lowest BCUT2D eigenvalue weighted by Crippen LogP contribution is -2.39. The lowest BCUT2D eigenvalue weighted by Gasteiger charge is -2.32. The summed E-state index contributed by atoms with van der Waals surface area (Å²) in [7, 11) is 0. The lowest BCUT2D eigenvalue weighted by atomic mass is 10.0. The normalized spacial score (nSPS) is 16.6. The van der Waals surface area contributed by atoms with Crippen LogP contribution in [0.15, 0.2) is 24.3 Å². The fourth-order valence-corrected chi connectivity index (χ4v) is 2.23. The van der Waals surface area contributed by atoms with Crippen LogP contribution < -0.4 is 4.90 Å². The lowest BCUT2D eigenvalue weighted by molar-refractivity contribution is 0.0461. The summed E-state index contributed by atoms with van der Waals surface area (Å²) in [5.41, 5.74) is 1.68. The maximum atomic E-state index is 11.8. The van der Waals surface area contributed by atoms with Gasteiger partial charge in [0.2, 0.25) is 0 Å². The molecule has 98 valence electrons. The number of ketones is 1. The molecule has 0 aromatic heterocycles. The van der Waals surface area contributed by atoms with Gasteiger partial charge in [-0.25, -0.2) is 0 Å². The van der Waals surface area contributed by atoms with Gasteiger partial charge >= 0.3 is 0 Å². The molecule has 1 aromatic rings. The van der Waals surface area contributed by atoms with E-state index in [1.54, 1.807) is 0 Å². The Morgan fingerprint density at radius 3 is 3.00 bits per heavy atom. The molecule has 1 unspecified atom stereocenters. The van der Waals surface area contributed by atoms with Crippen LogP contribution in [0.1, 0.15) is 23.7 Å². The molecule has 0 saturated carbocycles. The van der Waals surface area contributed by atoms with Crippen molar-refractivity contribution < 1.29 is 14.6 Å². The molecule has 1 heterocycles. The molecule has 2 rings (SSSR count). The third-order valence-corrected chi connectivity index (χ3v) is 3.10. The third-order valence-electron chi connectivity index (χ3n) is 3.10. The Morgan fingerprint density at radius 2 is 2.22 bits per heavy atom. The van der Waals surface area contributed by atoms with Gasteiger partial charge in [0.15, 0.2) is 5.78 Å². The van der Waals surface area contributed by atoms with Crippen molar-refractivity contribution in [2.45, 2.75) is 19.4 Å². The first kappa shape index (κ1) is 13.1. The zero-order valence-corrected chi connectivity index (χ0v) is 10.6. The van der Waals surface area contributed by atoms with Crippen LogP contribution in [-0.4, -0.2) is 43.3 Å². The highest BCUT2D eigenvalue weighted by Gasteiger charge is 2.23. The Labute approximate surface area is 107 Å². The zero-order valence-electron chi connectivity index (χ0n) is 10.6. The molecule has 1 aliphatic rings. The van der Waals surface area contributed by atoms with E-state index in [4.69, 9.17) is 4.74 Å². The van der Waals surface area contributed by atoms with Crippen molar-refractivity contribution in [2.24, 2.45) is 0 Å². The summed E-state index contributed by atoms with van der Waals surface area (Å²) in [5.74, 6) is 0.182. The van der Waals surface area contributed by atoms with Crippen molar-refractivity contribution in [1.82, 2.24) is 0 Å². The Hall–Kier alpha value is -1.39. The summed E-state index contributed by atoms with van der Waals surface area (Å²) in [6.45, 7) is 4.01. The first-order valence-corrected chi connectivity index (χ1v) is 6.35. The maximum Gasteiger partial charge on any atom is 0.166 e. The number of nitrogens with zero attached hydrogens (tertiary/aromatic N) is 1. The molecule has 1 atom stereocenters. The molecule has 4 nitrogen and oxygen atoms in total. The fraction of sp³-hybridized carbons (Fsp3) is 0.500. The Kier molecular flexibility index (Phi) is 4.33. The molecule has 0 amide bonds. The summed E-state index contributed by atoms with van der Waals surface area (Å²) in [6, 6.07) is 7.56. The maximum absolute atomic E-state index is 11.8. The van der Waals surface area contributed by atoms with Crippen LogP contribution in [0.2, 0.25) is 0 Å². The molecule has 0 aliphatic carbocycles. The summed E-state index contributed by atoms with van der Waals surface area (Å²) < 4.78 is 5.20. The Bertz CT molecular complexity index is 419. The van der Waals surface area contributed by atoms with E-state index < -0.39 is 6.10 Å². The molecular formula is C14H19NO3. The van der Waals surface area contributed by atoms with Gasteiger partial charge in [-0.15, -0.1) is 0 Å². The number of hydrogen-bond donors (Lipinski definition) is 1. The molecule has 0 bridgehead atoms. The molecular weight excluding hydrogens is 230 g/mol. The number of carbonyl (C=O) groups excluding carboxylic acids is 1. The van der Waals surface area contributed by atoms with Crippen molar-refractivity contribution in [2.75, 3.05) is 31.2 Å². The number of benzene rings is 1. The highest BCUT2D eigenvalue weighted by atomic mass is 16.5. The highest BCUT2D eigenvalue weighted by Crippen LogP contribution is 2.26. The van der Waals surface area contributed by atoms with Gasteiger partial charge in [-0.3, -0.25) is 4.79 Å². The largest absolute Gasteiger partial charge is 0.389 e. The van der Waals surface area contributed by atoms with Crippen molar-refractivity contribution in [3.8, 4) is 0 Å². The van der Waals surface area contributed by atoms with Crippen LogP contribution in [0.5, 0.6) is 0 Å². The number of aliphatic hydroxyl groups is 1. The number of anilines is 1. The molecule has 1 N–H and O–H groups in total. The minimum absolute atomic E-state index is 0.182. The van der Waals surface area contributed by atoms with E-state index in [-0.39, 0.29) is 5.78 Å². The van der Waals surface area contributed by atoms with Crippen molar-refractivity contribution >= 4 is 11.5 Å². The molecule has 18 heavy (non-hydrogen) atoms. The quantitative estimate of drug-likeness (QED) is 0.858. The van der Waals surface area contributed by atoms with Gasteiger partial charge in [0, 0.05) is 37.4 Å². The van der Waals surface area contributed by atoms with Gasteiger partial charge in [-0.05, 0) is 19.1 Å². The van der Waals surface area contributed by atoms with E-state index in [2.05, 4.69) is 4.90 Å². The van der Waals surface area contributed by atoms with E-state index in [9.17, 15) is 9.90 Å². The second kappa shape index (κ2) is 5.98. The van der Waals surface area contributed by atoms with Crippen molar-refractivity contribution in [3.05, 3.63) is 29.8 Å². The van der Waals surface area contributed by atoms with E-state index in [1.165, 1.54) is 0 Å². The SMILES string of the molecule is CCOCC(O)CN1CCC(=O)c2ccccc21. The molecule has 4 heteroatoms. The van der Waals surface area contributed by atoms with E-state index in [0.29, 0.717) is 32.7 Å². The minimum atomic E-state index is -0.522. The van der Waals surface area contributed by atoms with Crippen LogP contribution in [0, 0.1) is 0 Å². The van der Waals surface area contributed by atoms with Gasteiger partial charge < -0.3 is 14.7 Å². The van der Waals surface area contributed by atoms with Gasteiger partial charge in [-0.2, -0.15) is 0 Å². The number of para-hydroxylation sites is 1. The van der Waals surface area contributed by atoms with E-state index >= 15 is 0 Å². The summed E-state index contributed by atoms with van der Waals surface area (Å²) in [4.78, 5) is 13.8. The van der Waals surface area contributed by atoms with Gasteiger partial charge in [0.05, 0.1) is 12.7 Å². The second-order valence-electron chi connectivity index (χ2n) is 4.45. The second-order valence-corrected chi connectivity index (χ2v) is 4.45. The number of Topliss-reactive ketones (excluding diaryl/α,β-unsaturated/α-hetero) is 1.